The summed E-state index contributed by atoms with van der Waals surface area (Å²) in [6.45, 7) is 4.64. The monoisotopic (exact) mass is 596 g/mol. The lowest BCUT2D eigenvalue weighted by atomic mass is 9.86. The Bertz CT molecular complexity index is 1080. The highest BCUT2D eigenvalue weighted by Crippen LogP contribution is 2.30. The zero-order valence-corrected chi connectivity index (χ0v) is 25.3. The minimum Gasteiger partial charge on any atom is -0.480 e. The molecule has 0 bridgehead atoms. The van der Waals surface area contributed by atoms with Gasteiger partial charge in [-0.3, -0.25) is 9.59 Å². The normalized spacial score (nSPS) is 19.9. The fraction of sp³-hybridized carbons (Fsp3) is 0.690. The van der Waals surface area contributed by atoms with Crippen molar-refractivity contribution in [3.05, 3.63) is 35.9 Å². The van der Waals surface area contributed by atoms with Crippen molar-refractivity contribution in [3.63, 3.8) is 0 Å². The zero-order valence-electron chi connectivity index (χ0n) is 23.6. The van der Waals surface area contributed by atoms with Crippen LogP contribution in [0.4, 0.5) is 0 Å². The van der Waals surface area contributed by atoms with Gasteiger partial charge in [0.25, 0.3) is 0 Å². The highest BCUT2D eigenvalue weighted by atomic mass is 33.1. The van der Waals surface area contributed by atoms with E-state index in [-0.39, 0.29) is 29.9 Å². The van der Waals surface area contributed by atoms with Gasteiger partial charge in [0.1, 0.15) is 12.1 Å². The van der Waals surface area contributed by atoms with Gasteiger partial charge in [0.05, 0.1) is 12.4 Å². The second-order valence-corrected chi connectivity index (χ2v) is 15.7. The van der Waals surface area contributed by atoms with Gasteiger partial charge in [-0.15, -0.1) is 0 Å². The van der Waals surface area contributed by atoms with Gasteiger partial charge in [-0.1, -0.05) is 63.4 Å². The first kappa shape index (κ1) is 32.4. The lowest BCUT2D eigenvalue weighted by Crippen LogP contribution is -2.48. The van der Waals surface area contributed by atoms with E-state index >= 15 is 0 Å². The molecule has 1 aliphatic carbocycles. The maximum Gasteiger partial charge on any atom is 0.327 e. The van der Waals surface area contributed by atoms with Crippen molar-refractivity contribution >= 4 is 37.4 Å². The summed E-state index contributed by atoms with van der Waals surface area (Å²) >= 11 is 0. The number of carbonyl (C=O) groups excluding carboxylic acids is 2. The SMILES string of the molecule is CC(C)C[C@H](OCc1ccccc1)C(=O)N[C@@H](CSS(=O)(=O)C[C@@H]1CCCN1C(=O)CC1CCCCC1)C(=O)O. The Kier molecular flexibility index (Phi) is 12.8. The highest BCUT2D eigenvalue weighted by Gasteiger charge is 2.35. The Morgan fingerprint density at radius 3 is 2.42 bits per heavy atom. The maximum atomic E-state index is 13.0. The molecule has 224 valence electrons. The third-order valence-corrected chi connectivity index (χ3v) is 11.1. The number of benzene rings is 1. The summed E-state index contributed by atoms with van der Waals surface area (Å²) in [4.78, 5) is 39.6. The molecule has 0 radical (unpaired) electrons. The average Bonchev–Trinajstić information content (AvgIpc) is 3.37. The molecule has 2 amide bonds. The standard InChI is InChI=1S/C29H44N2O7S2/c1-21(2)16-26(38-18-23-12-7-4-8-13-23)28(33)30-25(29(34)35)19-39-40(36,37)20-24-14-9-15-31(24)27(32)17-22-10-5-3-6-11-22/h4,7-8,12-13,21-22,24-26H,3,5-6,9-11,14-20H2,1-2H3,(H,30,33)(H,34,35)/t24-,25-,26-/m0/s1. The van der Waals surface area contributed by atoms with Crippen LogP contribution in [0, 0.1) is 11.8 Å². The predicted molar refractivity (Wildman–Crippen MR) is 156 cm³/mol. The van der Waals surface area contributed by atoms with Crippen LogP contribution in [0.15, 0.2) is 30.3 Å². The first-order valence-corrected chi connectivity index (χ1v) is 17.5. The molecule has 2 fully saturated rings. The molecular weight excluding hydrogens is 552 g/mol. The van der Waals surface area contributed by atoms with Gasteiger partial charge in [0.2, 0.25) is 20.7 Å². The molecule has 0 aromatic heterocycles. The topological polar surface area (TPSA) is 130 Å². The third-order valence-electron chi connectivity index (χ3n) is 7.58. The molecule has 0 spiro atoms. The first-order valence-electron chi connectivity index (χ1n) is 14.4. The summed E-state index contributed by atoms with van der Waals surface area (Å²) in [6.07, 6.45) is 6.97. The van der Waals surface area contributed by atoms with Gasteiger partial charge in [0.15, 0.2) is 0 Å². The van der Waals surface area contributed by atoms with Crippen LogP contribution >= 0.6 is 10.8 Å². The average molecular weight is 597 g/mol. The lowest BCUT2D eigenvalue weighted by molar-refractivity contribution is -0.144. The van der Waals surface area contributed by atoms with Crippen molar-refractivity contribution in [2.24, 2.45) is 11.8 Å². The van der Waals surface area contributed by atoms with E-state index in [9.17, 15) is 27.9 Å². The molecule has 0 unspecified atom stereocenters. The Labute approximate surface area is 242 Å². The minimum absolute atomic E-state index is 0.0250. The summed E-state index contributed by atoms with van der Waals surface area (Å²) in [5.41, 5.74) is 0.888. The number of ether oxygens (including phenoxy) is 1. The molecule has 1 saturated heterocycles. The zero-order chi connectivity index (χ0) is 29.1. The van der Waals surface area contributed by atoms with E-state index in [1.807, 2.05) is 44.2 Å². The van der Waals surface area contributed by atoms with Crippen LogP contribution in [0.3, 0.4) is 0 Å². The van der Waals surface area contributed by atoms with Crippen molar-refractivity contribution in [1.29, 1.82) is 0 Å². The first-order chi connectivity index (χ1) is 19.0. The van der Waals surface area contributed by atoms with E-state index in [0.29, 0.717) is 42.5 Å². The number of hydrogen-bond acceptors (Lipinski definition) is 7. The quantitative estimate of drug-likeness (QED) is 0.288. The van der Waals surface area contributed by atoms with Gasteiger partial charge in [-0.25, -0.2) is 13.2 Å². The van der Waals surface area contributed by atoms with Gasteiger partial charge in [-0.2, -0.15) is 0 Å². The van der Waals surface area contributed by atoms with Gasteiger partial charge in [-0.05, 0) is 60.3 Å². The van der Waals surface area contributed by atoms with E-state index in [1.165, 1.54) is 6.42 Å². The van der Waals surface area contributed by atoms with Crippen molar-refractivity contribution < 1.29 is 32.6 Å². The number of likely N-dealkylation sites (tertiary alicyclic amines) is 1. The number of carbonyl (C=O) groups is 3. The Balaban J connectivity index is 1.54. The Hall–Kier alpha value is -2.11. The molecule has 1 aromatic carbocycles. The van der Waals surface area contributed by atoms with Gasteiger partial charge >= 0.3 is 5.97 Å². The fourth-order valence-corrected chi connectivity index (χ4v) is 8.71. The molecule has 1 aromatic rings. The Morgan fingerprint density at radius 2 is 1.77 bits per heavy atom. The molecule has 2 N–H and O–H groups in total. The number of nitrogens with zero attached hydrogens (tertiary/aromatic N) is 1. The second kappa shape index (κ2) is 15.8. The van der Waals surface area contributed by atoms with E-state index < -0.39 is 38.9 Å². The largest absolute Gasteiger partial charge is 0.480 e. The van der Waals surface area contributed by atoms with Crippen molar-refractivity contribution in [1.82, 2.24) is 10.2 Å². The predicted octanol–water partition coefficient (Wildman–Crippen LogP) is 4.21. The fourth-order valence-electron chi connectivity index (χ4n) is 5.44. The number of hydrogen-bond donors (Lipinski definition) is 2. The molecule has 1 heterocycles. The number of carboxylic acid groups (broad SMARTS) is 1. The molecule has 3 atom stereocenters. The van der Waals surface area contributed by atoms with Crippen molar-refractivity contribution in [2.75, 3.05) is 18.1 Å². The van der Waals surface area contributed by atoms with Crippen LogP contribution in [0.5, 0.6) is 0 Å². The van der Waals surface area contributed by atoms with Crippen LogP contribution in [-0.4, -0.2) is 72.4 Å². The summed E-state index contributed by atoms with van der Waals surface area (Å²) in [6, 6.07) is 7.58. The van der Waals surface area contributed by atoms with E-state index in [1.54, 1.807) is 4.90 Å². The van der Waals surface area contributed by atoms with Crippen LogP contribution < -0.4 is 5.32 Å². The van der Waals surface area contributed by atoms with Crippen molar-refractivity contribution in [2.45, 2.75) is 96.4 Å². The van der Waals surface area contributed by atoms with Crippen LogP contribution in [0.25, 0.3) is 0 Å². The molecule has 11 heteroatoms. The molecular formula is C29H44N2O7S2. The van der Waals surface area contributed by atoms with E-state index in [0.717, 1.165) is 37.7 Å². The van der Waals surface area contributed by atoms with Crippen molar-refractivity contribution in [3.8, 4) is 0 Å². The molecule has 1 saturated carbocycles. The minimum atomic E-state index is -3.74. The second-order valence-electron chi connectivity index (χ2n) is 11.4. The molecule has 2 aliphatic rings. The van der Waals surface area contributed by atoms with Gasteiger partial charge < -0.3 is 20.1 Å². The number of amides is 2. The van der Waals surface area contributed by atoms with E-state index in [4.69, 9.17) is 4.74 Å². The van der Waals surface area contributed by atoms with Crippen LogP contribution in [-0.2, 0) is 34.6 Å². The summed E-state index contributed by atoms with van der Waals surface area (Å²) in [5.74, 6) is -1.91. The number of aliphatic carboxylic acids is 1. The van der Waals surface area contributed by atoms with E-state index in [2.05, 4.69) is 5.32 Å². The number of rotatable bonds is 15. The van der Waals surface area contributed by atoms with Crippen LogP contribution in [0.1, 0.15) is 77.2 Å². The molecule has 3 rings (SSSR count). The molecule has 9 nitrogen and oxygen atoms in total. The maximum absolute atomic E-state index is 13.0. The van der Waals surface area contributed by atoms with Gasteiger partial charge in [0, 0.05) is 24.8 Å². The molecule has 40 heavy (non-hydrogen) atoms. The third kappa shape index (κ3) is 10.7. The Morgan fingerprint density at radius 1 is 1.07 bits per heavy atom. The summed E-state index contributed by atoms with van der Waals surface area (Å²) in [7, 11) is -3.21. The lowest BCUT2D eigenvalue weighted by Gasteiger charge is -2.28. The van der Waals surface area contributed by atoms with Crippen LogP contribution in [0.2, 0.25) is 0 Å². The smallest absolute Gasteiger partial charge is 0.327 e. The number of nitrogens with one attached hydrogen (secondary N) is 1. The highest BCUT2D eigenvalue weighted by molar-refractivity contribution is 8.72. The number of carboxylic acids is 1. The molecule has 1 aliphatic heterocycles. The summed E-state index contributed by atoms with van der Waals surface area (Å²) < 4.78 is 31.8. The summed E-state index contributed by atoms with van der Waals surface area (Å²) in [5, 5.41) is 12.2.